The van der Waals surface area contributed by atoms with E-state index in [0.29, 0.717) is 0 Å². The van der Waals surface area contributed by atoms with Gasteiger partial charge in [-0.15, -0.1) is 11.3 Å². The summed E-state index contributed by atoms with van der Waals surface area (Å²) in [6.07, 6.45) is -0.196. The molecule has 0 unspecified atom stereocenters. The first-order valence-corrected chi connectivity index (χ1v) is 7.54. The summed E-state index contributed by atoms with van der Waals surface area (Å²) in [6, 6.07) is 1.21. The van der Waals surface area contributed by atoms with Crippen molar-refractivity contribution in [1.29, 1.82) is 0 Å². The van der Waals surface area contributed by atoms with Crippen LogP contribution >= 0.6 is 11.3 Å². The highest BCUT2D eigenvalue weighted by molar-refractivity contribution is 7.89. The Kier molecular flexibility index (Phi) is 4.33. The first kappa shape index (κ1) is 15.6. The van der Waals surface area contributed by atoms with Gasteiger partial charge in [0.2, 0.25) is 15.9 Å². The van der Waals surface area contributed by atoms with Gasteiger partial charge in [-0.3, -0.25) is 4.79 Å². The molecule has 0 spiro atoms. The summed E-state index contributed by atoms with van der Waals surface area (Å²) in [5, 5.41) is 10.3. The van der Waals surface area contributed by atoms with Crippen molar-refractivity contribution in [3.05, 3.63) is 16.3 Å². The molecule has 1 heterocycles. The highest BCUT2D eigenvalue weighted by Crippen LogP contribution is 2.23. The fourth-order valence-corrected chi connectivity index (χ4v) is 4.23. The average Bonchev–Trinajstić information content (AvgIpc) is 2.60. The van der Waals surface area contributed by atoms with Gasteiger partial charge in [-0.25, -0.2) is 17.9 Å². The first-order chi connectivity index (χ1) is 8.55. The normalized spacial score (nSPS) is 12.3. The fraction of sp³-hybridized carbons (Fsp3) is 0.400. The second kappa shape index (κ2) is 5.27. The van der Waals surface area contributed by atoms with Gasteiger partial charge in [-0.1, -0.05) is 0 Å². The van der Waals surface area contributed by atoms with Crippen molar-refractivity contribution in [1.82, 2.24) is 4.72 Å². The molecular formula is C10H14N2O5S2. The summed E-state index contributed by atoms with van der Waals surface area (Å²) in [6.45, 7) is 2.98. The molecule has 0 aliphatic heterocycles. The molecule has 0 aliphatic carbocycles. The van der Waals surface area contributed by atoms with Crippen LogP contribution in [0.3, 0.4) is 0 Å². The largest absolute Gasteiger partial charge is 0.477 e. The van der Waals surface area contributed by atoms with Crippen LogP contribution < -0.4 is 10.5 Å². The van der Waals surface area contributed by atoms with Crippen molar-refractivity contribution in [2.45, 2.75) is 30.7 Å². The number of hydrogen-bond acceptors (Lipinski definition) is 5. The second-order valence-electron chi connectivity index (χ2n) is 4.55. The van der Waals surface area contributed by atoms with Crippen molar-refractivity contribution < 1.29 is 23.1 Å². The zero-order valence-corrected chi connectivity index (χ0v) is 12.0. The molecule has 0 saturated carbocycles. The number of primary amides is 1. The Bertz CT molecular complexity index is 603. The number of aromatic carboxylic acids is 1. The monoisotopic (exact) mass is 306 g/mol. The number of nitrogens with two attached hydrogens (primary N) is 1. The number of rotatable bonds is 6. The molecule has 0 aromatic carbocycles. The van der Waals surface area contributed by atoms with E-state index in [2.05, 4.69) is 4.72 Å². The molecule has 0 aliphatic rings. The number of carbonyl (C=O) groups is 2. The van der Waals surface area contributed by atoms with E-state index in [-0.39, 0.29) is 16.2 Å². The maximum Gasteiger partial charge on any atom is 0.347 e. The molecule has 0 bridgehead atoms. The molecule has 19 heavy (non-hydrogen) atoms. The molecule has 0 radical (unpaired) electrons. The van der Waals surface area contributed by atoms with Crippen molar-refractivity contribution in [2.75, 3.05) is 0 Å². The third kappa shape index (κ3) is 4.01. The number of carbonyl (C=O) groups excluding carboxylic acids is 1. The van der Waals surface area contributed by atoms with E-state index in [1.54, 1.807) is 0 Å². The minimum Gasteiger partial charge on any atom is -0.477 e. The van der Waals surface area contributed by atoms with Gasteiger partial charge in [-0.2, -0.15) is 0 Å². The van der Waals surface area contributed by atoms with E-state index >= 15 is 0 Å². The summed E-state index contributed by atoms with van der Waals surface area (Å²) in [4.78, 5) is 21.2. The van der Waals surface area contributed by atoms with Crippen LogP contribution in [0.5, 0.6) is 0 Å². The Hall–Kier alpha value is -1.45. The quantitative estimate of drug-likeness (QED) is 0.700. The highest BCUT2D eigenvalue weighted by atomic mass is 32.2. The topological polar surface area (TPSA) is 127 Å². The van der Waals surface area contributed by atoms with Gasteiger partial charge in [0.05, 0.1) is 0 Å². The third-order valence-corrected chi connectivity index (χ3v) is 4.91. The van der Waals surface area contributed by atoms with E-state index in [9.17, 15) is 18.0 Å². The lowest BCUT2D eigenvalue weighted by molar-refractivity contribution is -0.119. The maximum absolute atomic E-state index is 12.1. The highest BCUT2D eigenvalue weighted by Gasteiger charge is 2.31. The summed E-state index contributed by atoms with van der Waals surface area (Å²) >= 11 is 0.814. The van der Waals surface area contributed by atoms with Crippen LogP contribution in [0, 0.1) is 0 Å². The van der Waals surface area contributed by atoms with Crippen molar-refractivity contribution in [3.8, 4) is 0 Å². The summed E-state index contributed by atoms with van der Waals surface area (Å²) < 4.78 is 26.5. The lowest BCUT2D eigenvalue weighted by atomic mass is 10.0. The Labute approximate surface area is 114 Å². The molecule has 0 fully saturated rings. The van der Waals surface area contributed by atoms with E-state index in [1.165, 1.54) is 25.3 Å². The molecule has 7 nitrogen and oxygen atoms in total. The van der Waals surface area contributed by atoms with E-state index < -0.39 is 27.4 Å². The number of nitrogens with one attached hydrogen (secondary N) is 1. The van der Waals surface area contributed by atoms with Crippen molar-refractivity contribution in [3.63, 3.8) is 0 Å². The lowest BCUT2D eigenvalue weighted by Crippen LogP contribution is -2.46. The predicted molar refractivity (Wildman–Crippen MR) is 69.5 cm³/mol. The summed E-state index contributed by atoms with van der Waals surface area (Å²) in [5.74, 6) is -1.97. The van der Waals surface area contributed by atoms with Crippen LogP contribution in [0.2, 0.25) is 0 Å². The van der Waals surface area contributed by atoms with Gasteiger partial charge in [0, 0.05) is 12.0 Å². The van der Waals surface area contributed by atoms with Crippen LogP contribution in [0.25, 0.3) is 0 Å². The molecule has 4 N–H and O–H groups in total. The minimum absolute atomic E-state index is 0.196. The SMILES string of the molecule is CC(C)(CC(N)=O)NS(=O)(=O)c1ccsc1C(=O)O. The minimum atomic E-state index is -4.02. The number of amides is 1. The van der Waals surface area contributed by atoms with E-state index in [4.69, 9.17) is 10.8 Å². The van der Waals surface area contributed by atoms with Gasteiger partial charge >= 0.3 is 5.97 Å². The van der Waals surface area contributed by atoms with Gasteiger partial charge in [0.15, 0.2) is 0 Å². The molecule has 0 saturated heterocycles. The first-order valence-electron chi connectivity index (χ1n) is 5.18. The standard InChI is InChI=1S/C10H14N2O5S2/c1-10(2,5-7(11)13)12-19(16,17)6-3-4-18-8(6)9(14)15/h3-4,12H,5H2,1-2H3,(H2,11,13)(H,14,15). The Morgan fingerprint density at radius 2 is 2.05 bits per heavy atom. The Balaban J connectivity index is 3.08. The maximum atomic E-state index is 12.1. The zero-order chi connectivity index (χ0) is 14.8. The molecule has 1 amide bonds. The average molecular weight is 306 g/mol. The summed E-state index contributed by atoms with van der Waals surface area (Å²) in [7, 11) is -4.02. The van der Waals surface area contributed by atoms with Gasteiger partial charge in [0.25, 0.3) is 0 Å². The van der Waals surface area contributed by atoms with Crippen LogP contribution in [-0.4, -0.2) is 30.9 Å². The lowest BCUT2D eigenvalue weighted by Gasteiger charge is -2.24. The molecule has 0 atom stereocenters. The third-order valence-electron chi connectivity index (χ3n) is 2.14. The number of thiophene rings is 1. The fourth-order valence-electron chi connectivity index (χ4n) is 1.56. The number of sulfonamides is 1. The number of carboxylic acids is 1. The molecule has 1 aromatic heterocycles. The number of carboxylic acid groups (broad SMARTS) is 1. The smallest absolute Gasteiger partial charge is 0.347 e. The summed E-state index contributed by atoms with van der Waals surface area (Å²) in [5.41, 5.74) is 3.93. The molecular weight excluding hydrogens is 292 g/mol. The van der Waals surface area contributed by atoms with Gasteiger partial charge < -0.3 is 10.8 Å². The van der Waals surface area contributed by atoms with Gasteiger partial charge in [-0.05, 0) is 25.3 Å². The second-order valence-corrected chi connectivity index (χ2v) is 7.12. The van der Waals surface area contributed by atoms with Crippen LogP contribution in [-0.2, 0) is 14.8 Å². The van der Waals surface area contributed by atoms with Crippen LogP contribution in [0.1, 0.15) is 29.9 Å². The van der Waals surface area contributed by atoms with E-state index in [0.717, 1.165) is 11.3 Å². The van der Waals surface area contributed by atoms with Crippen LogP contribution in [0.4, 0.5) is 0 Å². The van der Waals surface area contributed by atoms with E-state index in [1.807, 2.05) is 0 Å². The molecule has 1 rings (SSSR count). The molecule has 1 aromatic rings. The zero-order valence-electron chi connectivity index (χ0n) is 10.3. The van der Waals surface area contributed by atoms with Crippen molar-refractivity contribution in [2.24, 2.45) is 5.73 Å². The number of hydrogen-bond donors (Lipinski definition) is 3. The predicted octanol–water partition coefficient (Wildman–Crippen LogP) is 0.379. The molecule has 9 heteroatoms. The Morgan fingerprint density at radius 1 is 1.47 bits per heavy atom. The Morgan fingerprint density at radius 3 is 2.53 bits per heavy atom. The van der Waals surface area contributed by atoms with Crippen LogP contribution in [0.15, 0.2) is 16.3 Å². The van der Waals surface area contributed by atoms with Crippen molar-refractivity contribution >= 4 is 33.2 Å². The molecule has 106 valence electrons. The van der Waals surface area contributed by atoms with Gasteiger partial charge in [0.1, 0.15) is 9.77 Å².